The van der Waals surface area contributed by atoms with Gasteiger partial charge in [-0.3, -0.25) is 4.79 Å². The Bertz CT molecular complexity index is 831. The number of benzene rings is 2. The van der Waals surface area contributed by atoms with E-state index in [1.54, 1.807) is 17.2 Å². The van der Waals surface area contributed by atoms with Crippen LogP contribution in [-0.2, 0) is 6.54 Å². The minimum atomic E-state index is -0.0613. The lowest BCUT2D eigenvalue weighted by Gasteiger charge is -2.23. The highest BCUT2D eigenvalue weighted by Crippen LogP contribution is 2.22. The molecule has 26 heavy (non-hydrogen) atoms. The number of carbonyl (C=O) groups is 1. The van der Waals surface area contributed by atoms with Gasteiger partial charge < -0.3 is 9.64 Å². The Morgan fingerprint density at radius 2 is 1.62 bits per heavy atom. The number of nitrogens with zero attached hydrogens (tertiary/aromatic N) is 2. The SMILES string of the molecule is CC(C)Oc1ccc(N(Cc2ccccc2)C(=O)c2ccccc2)cn1. The Morgan fingerprint density at radius 3 is 2.19 bits per heavy atom. The summed E-state index contributed by atoms with van der Waals surface area (Å²) in [5.41, 5.74) is 2.43. The Balaban J connectivity index is 1.91. The van der Waals surface area contributed by atoms with Crippen molar-refractivity contribution in [2.75, 3.05) is 4.90 Å². The first-order valence-electron chi connectivity index (χ1n) is 8.67. The molecule has 0 aliphatic rings. The fourth-order valence-electron chi connectivity index (χ4n) is 2.63. The van der Waals surface area contributed by atoms with E-state index in [-0.39, 0.29) is 12.0 Å². The molecule has 4 heteroatoms. The Morgan fingerprint density at radius 1 is 0.962 bits per heavy atom. The van der Waals surface area contributed by atoms with Crippen LogP contribution >= 0.6 is 0 Å². The topological polar surface area (TPSA) is 42.4 Å². The number of carbonyl (C=O) groups excluding carboxylic acids is 1. The molecule has 0 bridgehead atoms. The second-order valence-corrected chi connectivity index (χ2v) is 6.26. The molecule has 0 N–H and O–H groups in total. The molecule has 0 radical (unpaired) electrons. The van der Waals surface area contributed by atoms with Gasteiger partial charge in [0.05, 0.1) is 24.5 Å². The fourth-order valence-corrected chi connectivity index (χ4v) is 2.63. The van der Waals surface area contributed by atoms with Crippen LogP contribution in [-0.4, -0.2) is 17.0 Å². The predicted molar refractivity (Wildman–Crippen MR) is 103 cm³/mol. The average Bonchev–Trinajstić information content (AvgIpc) is 2.67. The van der Waals surface area contributed by atoms with Crippen LogP contribution in [0.2, 0.25) is 0 Å². The van der Waals surface area contributed by atoms with E-state index in [2.05, 4.69) is 4.98 Å². The Hall–Kier alpha value is -3.14. The van der Waals surface area contributed by atoms with E-state index in [0.29, 0.717) is 18.0 Å². The first-order chi connectivity index (χ1) is 12.6. The van der Waals surface area contributed by atoms with Crippen molar-refractivity contribution in [1.82, 2.24) is 4.98 Å². The summed E-state index contributed by atoms with van der Waals surface area (Å²) < 4.78 is 5.60. The zero-order valence-electron chi connectivity index (χ0n) is 15.0. The summed E-state index contributed by atoms with van der Waals surface area (Å²) in [5, 5.41) is 0. The van der Waals surface area contributed by atoms with Crippen molar-refractivity contribution in [1.29, 1.82) is 0 Å². The maximum atomic E-state index is 13.1. The van der Waals surface area contributed by atoms with Crippen molar-refractivity contribution in [3.8, 4) is 5.88 Å². The lowest BCUT2D eigenvalue weighted by molar-refractivity contribution is 0.0985. The Labute approximate surface area is 154 Å². The van der Waals surface area contributed by atoms with Crippen LogP contribution < -0.4 is 9.64 Å². The summed E-state index contributed by atoms with van der Waals surface area (Å²) in [6.45, 7) is 4.38. The Kier molecular flexibility index (Phi) is 5.64. The molecular formula is C22H22N2O2. The maximum Gasteiger partial charge on any atom is 0.258 e. The van der Waals surface area contributed by atoms with Crippen LogP contribution in [0, 0.1) is 0 Å². The van der Waals surface area contributed by atoms with E-state index < -0.39 is 0 Å². The van der Waals surface area contributed by atoms with Gasteiger partial charge in [0.1, 0.15) is 0 Å². The van der Waals surface area contributed by atoms with Gasteiger partial charge in [0.25, 0.3) is 5.91 Å². The number of hydrogen-bond acceptors (Lipinski definition) is 3. The maximum absolute atomic E-state index is 13.1. The highest BCUT2D eigenvalue weighted by atomic mass is 16.5. The number of amides is 1. The molecule has 0 saturated heterocycles. The minimum absolute atomic E-state index is 0.0553. The zero-order valence-corrected chi connectivity index (χ0v) is 15.0. The lowest BCUT2D eigenvalue weighted by atomic mass is 10.1. The summed E-state index contributed by atoms with van der Waals surface area (Å²) in [7, 11) is 0. The van der Waals surface area contributed by atoms with Crippen molar-refractivity contribution in [3.63, 3.8) is 0 Å². The molecule has 0 saturated carbocycles. The third-order valence-electron chi connectivity index (χ3n) is 3.84. The van der Waals surface area contributed by atoms with Gasteiger partial charge in [-0.1, -0.05) is 48.5 Å². The number of pyridine rings is 1. The van der Waals surface area contributed by atoms with Crippen LogP contribution in [0.25, 0.3) is 0 Å². The molecule has 4 nitrogen and oxygen atoms in total. The van der Waals surface area contributed by atoms with E-state index in [0.717, 1.165) is 11.3 Å². The van der Waals surface area contributed by atoms with Gasteiger partial charge in [-0.05, 0) is 37.6 Å². The highest BCUT2D eigenvalue weighted by molar-refractivity contribution is 6.05. The number of rotatable bonds is 6. The van der Waals surface area contributed by atoms with E-state index in [9.17, 15) is 4.79 Å². The van der Waals surface area contributed by atoms with Gasteiger partial charge >= 0.3 is 0 Å². The van der Waals surface area contributed by atoms with Crippen molar-refractivity contribution in [2.24, 2.45) is 0 Å². The largest absolute Gasteiger partial charge is 0.475 e. The van der Waals surface area contributed by atoms with Crippen LogP contribution in [0.3, 0.4) is 0 Å². The molecule has 0 aliphatic carbocycles. The quantitative estimate of drug-likeness (QED) is 0.649. The highest BCUT2D eigenvalue weighted by Gasteiger charge is 2.18. The molecule has 1 aromatic heterocycles. The summed E-state index contributed by atoms with van der Waals surface area (Å²) in [6, 6.07) is 22.9. The molecule has 3 rings (SSSR count). The molecule has 0 atom stereocenters. The van der Waals surface area contributed by atoms with Gasteiger partial charge in [0, 0.05) is 11.6 Å². The van der Waals surface area contributed by atoms with Crippen molar-refractivity contribution in [3.05, 3.63) is 90.1 Å². The van der Waals surface area contributed by atoms with Crippen LogP contribution in [0.1, 0.15) is 29.8 Å². The third-order valence-corrected chi connectivity index (χ3v) is 3.84. The average molecular weight is 346 g/mol. The zero-order chi connectivity index (χ0) is 18.4. The molecule has 1 amide bonds. The third kappa shape index (κ3) is 4.48. The van der Waals surface area contributed by atoms with Crippen molar-refractivity contribution >= 4 is 11.6 Å². The first kappa shape index (κ1) is 17.7. The van der Waals surface area contributed by atoms with Gasteiger partial charge in [-0.2, -0.15) is 0 Å². The number of anilines is 1. The van der Waals surface area contributed by atoms with Crippen LogP contribution in [0.5, 0.6) is 5.88 Å². The first-order valence-corrected chi connectivity index (χ1v) is 8.67. The van der Waals surface area contributed by atoms with Crippen LogP contribution in [0.4, 0.5) is 5.69 Å². The molecule has 1 heterocycles. The monoisotopic (exact) mass is 346 g/mol. The summed E-state index contributed by atoms with van der Waals surface area (Å²) in [6.07, 6.45) is 1.74. The minimum Gasteiger partial charge on any atom is -0.475 e. The van der Waals surface area contributed by atoms with E-state index >= 15 is 0 Å². The number of hydrogen-bond donors (Lipinski definition) is 0. The van der Waals surface area contributed by atoms with E-state index in [4.69, 9.17) is 4.74 Å². The molecule has 2 aromatic carbocycles. The van der Waals surface area contributed by atoms with Crippen molar-refractivity contribution in [2.45, 2.75) is 26.5 Å². The van der Waals surface area contributed by atoms with Gasteiger partial charge in [-0.15, -0.1) is 0 Å². The molecule has 3 aromatic rings. The van der Waals surface area contributed by atoms with E-state index in [1.165, 1.54) is 0 Å². The second-order valence-electron chi connectivity index (χ2n) is 6.26. The summed E-state index contributed by atoms with van der Waals surface area (Å²) in [5.74, 6) is 0.490. The molecule has 0 aliphatic heterocycles. The molecule has 0 spiro atoms. The predicted octanol–water partition coefficient (Wildman–Crippen LogP) is 4.72. The van der Waals surface area contributed by atoms with Crippen molar-refractivity contribution < 1.29 is 9.53 Å². The van der Waals surface area contributed by atoms with Gasteiger partial charge in [0.15, 0.2) is 0 Å². The summed E-state index contributed by atoms with van der Waals surface area (Å²) >= 11 is 0. The molecule has 0 fully saturated rings. The smallest absolute Gasteiger partial charge is 0.258 e. The number of aromatic nitrogens is 1. The fraction of sp³-hybridized carbons (Fsp3) is 0.182. The lowest BCUT2D eigenvalue weighted by Crippen LogP contribution is -2.30. The van der Waals surface area contributed by atoms with Gasteiger partial charge in [0.2, 0.25) is 5.88 Å². The summed E-state index contributed by atoms with van der Waals surface area (Å²) in [4.78, 5) is 19.2. The molecule has 132 valence electrons. The normalized spacial score (nSPS) is 10.6. The second kappa shape index (κ2) is 8.30. The number of ether oxygens (including phenoxy) is 1. The van der Waals surface area contributed by atoms with E-state index in [1.807, 2.05) is 80.6 Å². The van der Waals surface area contributed by atoms with Crippen LogP contribution in [0.15, 0.2) is 79.0 Å². The standard InChI is InChI=1S/C22H22N2O2/c1-17(2)26-21-14-13-20(15-23-21)24(16-18-9-5-3-6-10-18)22(25)19-11-7-4-8-12-19/h3-15,17H,16H2,1-2H3. The van der Waals surface area contributed by atoms with Gasteiger partial charge in [-0.25, -0.2) is 4.98 Å². The molecular weight excluding hydrogens is 324 g/mol. The molecule has 0 unspecified atom stereocenters.